The summed E-state index contributed by atoms with van der Waals surface area (Å²) in [6.07, 6.45) is 1.71. The molecule has 3 aromatic carbocycles. The molecule has 0 saturated heterocycles. The molecule has 0 fully saturated rings. The Morgan fingerprint density at radius 1 is 0.974 bits per heavy atom. The predicted molar refractivity (Wildman–Crippen MR) is 147 cm³/mol. The molecule has 1 aliphatic carbocycles. The molecule has 0 radical (unpaired) electrons. The van der Waals surface area contributed by atoms with E-state index in [1.165, 1.54) is 0 Å². The molecule has 0 spiro atoms. The molecule has 196 valence electrons. The zero-order valence-electron chi connectivity index (χ0n) is 22.3. The summed E-state index contributed by atoms with van der Waals surface area (Å²) < 4.78 is 16.5. The zero-order valence-corrected chi connectivity index (χ0v) is 22.3. The van der Waals surface area contributed by atoms with Gasteiger partial charge in [0, 0.05) is 29.3 Å². The summed E-state index contributed by atoms with van der Waals surface area (Å²) >= 11 is 0. The van der Waals surface area contributed by atoms with E-state index < -0.39 is 5.92 Å². The number of esters is 1. The molecule has 1 aliphatic heterocycles. The number of rotatable bonds is 7. The average Bonchev–Trinajstić information content (AvgIpc) is 2.94. The van der Waals surface area contributed by atoms with Gasteiger partial charge in [-0.15, -0.1) is 0 Å². The van der Waals surface area contributed by atoms with Gasteiger partial charge < -0.3 is 19.5 Å². The van der Waals surface area contributed by atoms with Crippen LogP contribution >= 0.6 is 0 Å². The number of allylic oxidation sites excluding steroid dienone is 3. The minimum atomic E-state index is -0.499. The van der Waals surface area contributed by atoms with Gasteiger partial charge in [0.2, 0.25) is 0 Å². The summed E-state index contributed by atoms with van der Waals surface area (Å²) in [5.41, 5.74) is 4.71. The van der Waals surface area contributed by atoms with Crippen molar-refractivity contribution in [1.82, 2.24) is 5.32 Å². The minimum absolute atomic E-state index is 0.0249. The van der Waals surface area contributed by atoms with Gasteiger partial charge in [0.05, 0.1) is 26.4 Å². The zero-order chi connectivity index (χ0) is 26.8. The number of Topliss-reactive ketones (excluding diaryl/α,β-unsaturated/α-hetero) is 1. The number of hydrogen-bond donors (Lipinski definition) is 1. The molecule has 1 N–H and O–H groups in total. The standard InChI is InChI=1S/C32H33NO5/c1-5-15-38-32(35)29-19(2)33-25-16-22(21-13-14-27(36-3)28(18-21)37-4)17-26(34)31(25)30(29)24-12-8-10-20-9-6-7-11-23(20)24/h6-14,18,22,30,33H,5,15-17H2,1-4H3/t22-,30+/m1/s1. The van der Waals surface area contributed by atoms with Crippen LogP contribution in [-0.2, 0) is 14.3 Å². The third-order valence-corrected chi connectivity index (χ3v) is 7.50. The number of ketones is 1. The number of methoxy groups -OCH3 is 2. The van der Waals surface area contributed by atoms with Crippen LogP contribution in [0.25, 0.3) is 10.8 Å². The number of nitrogens with one attached hydrogen (secondary N) is 1. The van der Waals surface area contributed by atoms with Crippen molar-refractivity contribution in [3.05, 3.63) is 94.3 Å². The topological polar surface area (TPSA) is 73.9 Å². The molecule has 5 rings (SSSR count). The highest BCUT2D eigenvalue weighted by atomic mass is 16.5. The van der Waals surface area contributed by atoms with Crippen LogP contribution in [0.3, 0.4) is 0 Å². The molecule has 3 aromatic rings. The van der Waals surface area contributed by atoms with Gasteiger partial charge in [0.25, 0.3) is 0 Å². The van der Waals surface area contributed by atoms with Crippen LogP contribution in [0.15, 0.2) is 83.2 Å². The molecule has 0 aromatic heterocycles. The van der Waals surface area contributed by atoms with E-state index in [0.717, 1.165) is 39.7 Å². The fourth-order valence-corrected chi connectivity index (χ4v) is 5.74. The van der Waals surface area contributed by atoms with Crippen molar-refractivity contribution in [3.8, 4) is 11.5 Å². The second-order valence-electron chi connectivity index (χ2n) is 9.84. The van der Waals surface area contributed by atoms with Crippen molar-refractivity contribution < 1.29 is 23.8 Å². The first-order valence-electron chi connectivity index (χ1n) is 13.1. The van der Waals surface area contributed by atoms with Crippen molar-refractivity contribution in [2.45, 2.75) is 44.9 Å². The monoisotopic (exact) mass is 511 g/mol. The highest BCUT2D eigenvalue weighted by molar-refractivity contribution is 6.05. The highest BCUT2D eigenvalue weighted by Crippen LogP contribution is 2.47. The van der Waals surface area contributed by atoms with Crippen LogP contribution < -0.4 is 14.8 Å². The molecule has 0 bridgehead atoms. The SMILES string of the molecule is CCCOC(=O)C1=C(C)NC2=C(C(=O)C[C@H](c3ccc(OC)c(OC)c3)C2)[C@H]1c1cccc2ccccc12. The van der Waals surface area contributed by atoms with E-state index in [0.29, 0.717) is 42.1 Å². The predicted octanol–water partition coefficient (Wildman–Crippen LogP) is 6.17. The molecule has 6 heteroatoms. The number of ether oxygens (including phenoxy) is 3. The second kappa shape index (κ2) is 10.7. The normalized spacial score (nSPS) is 19.2. The van der Waals surface area contributed by atoms with Crippen LogP contribution in [0.2, 0.25) is 0 Å². The molecule has 0 amide bonds. The van der Waals surface area contributed by atoms with Crippen LogP contribution in [0.1, 0.15) is 56.1 Å². The van der Waals surface area contributed by atoms with Gasteiger partial charge in [-0.1, -0.05) is 55.5 Å². The van der Waals surface area contributed by atoms with Crippen LogP contribution in [0.5, 0.6) is 11.5 Å². The molecule has 2 aliphatic rings. The maximum atomic E-state index is 14.0. The summed E-state index contributed by atoms with van der Waals surface area (Å²) in [7, 11) is 3.22. The van der Waals surface area contributed by atoms with Gasteiger partial charge in [-0.05, 0) is 59.7 Å². The van der Waals surface area contributed by atoms with Crippen molar-refractivity contribution in [2.75, 3.05) is 20.8 Å². The molecular weight excluding hydrogens is 478 g/mol. The Balaban J connectivity index is 1.62. The maximum absolute atomic E-state index is 14.0. The molecule has 38 heavy (non-hydrogen) atoms. The van der Waals surface area contributed by atoms with E-state index in [1.54, 1.807) is 14.2 Å². The first-order chi connectivity index (χ1) is 18.5. The Bertz CT molecular complexity index is 1460. The number of hydrogen-bond acceptors (Lipinski definition) is 6. The Morgan fingerprint density at radius 2 is 1.74 bits per heavy atom. The minimum Gasteiger partial charge on any atom is -0.493 e. The lowest BCUT2D eigenvalue weighted by Gasteiger charge is -2.37. The van der Waals surface area contributed by atoms with E-state index in [4.69, 9.17) is 14.2 Å². The van der Waals surface area contributed by atoms with Crippen LogP contribution in [0.4, 0.5) is 0 Å². The van der Waals surface area contributed by atoms with Gasteiger partial charge in [-0.3, -0.25) is 4.79 Å². The van der Waals surface area contributed by atoms with Gasteiger partial charge in [-0.2, -0.15) is 0 Å². The Labute approximate surface area is 223 Å². The lowest BCUT2D eigenvalue weighted by atomic mass is 9.71. The summed E-state index contributed by atoms with van der Waals surface area (Å²) in [4.78, 5) is 27.4. The van der Waals surface area contributed by atoms with Gasteiger partial charge in [0.1, 0.15) is 0 Å². The fourth-order valence-electron chi connectivity index (χ4n) is 5.74. The van der Waals surface area contributed by atoms with Crippen LogP contribution in [0, 0.1) is 0 Å². The highest BCUT2D eigenvalue weighted by Gasteiger charge is 2.42. The molecule has 0 unspecified atom stereocenters. The van der Waals surface area contributed by atoms with Crippen LogP contribution in [-0.4, -0.2) is 32.6 Å². The van der Waals surface area contributed by atoms with Crippen molar-refractivity contribution in [1.29, 1.82) is 0 Å². The van der Waals surface area contributed by atoms with E-state index >= 15 is 0 Å². The maximum Gasteiger partial charge on any atom is 0.336 e. The number of benzene rings is 3. The van der Waals surface area contributed by atoms with Crippen molar-refractivity contribution >= 4 is 22.5 Å². The lowest BCUT2D eigenvalue weighted by molar-refractivity contribution is -0.139. The van der Waals surface area contributed by atoms with E-state index in [9.17, 15) is 9.59 Å². The van der Waals surface area contributed by atoms with Gasteiger partial charge in [0.15, 0.2) is 17.3 Å². The third-order valence-electron chi connectivity index (χ3n) is 7.50. The Kier molecular flexibility index (Phi) is 7.23. The first kappa shape index (κ1) is 25.6. The van der Waals surface area contributed by atoms with Gasteiger partial charge >= 0.3 is 5.97 Å². The van der Waals surface area contributed by atoms with E-state index in [2.05, 4.69) is 23.5 Å². The van der Waals surface area contributed by atoms with Crippen molar-refractivity contribution in [3.63, 3.8) is 0 Å². The Morgan fingerprint density at radius 3 is 2.50 bits per heavy atom. The number of carbonyl (C=O) groups is 2. The number of fused-ring (bicyclic) bond motifs is 1. The average molecular weight is 512 g/mol. The van der Waals surface area contributed by atoms with E-state index in [1.807, 2.05) is 56.3 Å². The van der Waals surface area contributed by atoms with Crippen molar-refractivity contribution in [2.24, 2.45) is 0 Å². The number of carbonyl (C=O) groups excluding carboxylic acids is 2. The lowest BCUT2D eigenvalue weighted by Crippen LogP contribution is -2.36. The smallest absolute Gasteiger partial charge is 0.336 e. The Hall–Kier alpha value is -4.06. The fraction of sp³-hybridized carbons (Fsp3) is 0.312. The summed E-state index contributed by atoms with van der Waals surface area (Å²) in [5, 5.41) is 5.53. The molecule has 6 nitrogen and oxygen atoms in total. The first-order valence-corrected chi connectivity index (χ1v) is 13.1. The molecular formula is C32H33NO5. The molecule has 2 atom stereocenters. The molecule has 1 heterocycles. The van der Waals surface area contributed by atoms with Gasteiger partial charge in [-0.25, -0.2) is 4.79 Å². The van der Waals surface area contributed by atoms with E-state index in [-0.39, 0.29) is 17.7 Å². The quantitative estimate of drug-likeness (QED) is 0.382. The summed E-state index contributed by atoms with van der Waals surface area (Å²) in [6.45, 7) is 4.20. The largest absolute Gasteiger partial charge is 0.493 e. The summed E-state index contributed by atoms with van der Waals surface area (Å²) in [5.74, 6) is 0.420. The second-order valence-corrected chi connectivity index (χ2v) is 9.84. The third kappa shape index (κ3) is 4.55. The number of dihydropyridines is 1. The molecule has 0 saturated carbocycles. The summed E-state index contributed by atoms with van der Waals surface area (Å²) in [6, 6.07) is 20.0.